The van der Waals surface area contributed by atoms with Crippen molar-refractivity contribution in [3.05, 3.63) is 78.5 Å². The van der Waals surface area contributed by atoms with Gasteiger partial charge in [0.1, 0.15) is 5.70 Å². The Hall–Kier alpha value is -6.07. The van der Waals surface area contributed by atoms with Crippen LogP contribution in [0.3, 0.4) is 0 Å². The third kappa shape index (κ3) is 47.9. The minimum Gasteiger partial charge on any atom is -0.370 e. The number of nitrogens with one attached hydrogen (secondary N) is 4. The van der Waals surface area contributed by atoms with Crippen LogP contribution in [0, 0.1) is 19.8 Å². The number of unbranched alkanes of at least 4 members (excludes halogenated alkanes) is 2. The second-order valence-electron chi connectivity index (χ2n) is 14.2. The molecule has 0 aliphatic heterocycles. The number of hydrogen-bond donors (Lipinski definition) is 10. The lowest BCUT2D eigenvalue weighted by Gasteiger charge is -2.15. The molecule has 0 radical (unpaired) electrons. The molecule has 0 aliphatic rings. The monoisotopic (exact) mass is 956 g/mol. The smallest absolute Gasteiger partial charge is 0.273 e. The van der Waals surface area contributed by atoms with Gasteiger partial charge in [0.15, 0.2) is 11.9 Å². The predicted octanol–water partition coefficient (Wildman–Crippen LogP) is 8.42. The number of carbonyl (C=O) groups is 4. The molecule has 16 N–H and O–H groups in total. The van der Waals surface area contributed by atoms with Crippen molar-refractivity contribution in [3.8, 4) is 0 Å². The average molecular weight is 956 g/mol. The normalized spacial score (nSPS) is 9.90. The molecule has 68 heavy (non-hydrogen) atoms. The molecule has 0 aliphatic carbocycles. The molecule has 0 saturated heterocycles. The number of rotatable bonds is 19. The highest BCUT2D eigenvalue weighted by molar-refractivity contribution is 6.05. The van der Waals surface area contributed by atoms with Crippen molar-refractivity contribution >= 4 is 58.8 Å². The highest BCUT2D eigenvalue weighted by Gasteiger charge is 2.18. The number of nitrogens with zero attached hydrogens (tertiary/aromatic N) is 3. The first-order valence-corrected chi connectivity index (χ1v) is 23.9. The number of carbonyl (C=O) groups excluding carboxylic acids is 4. The van der Waals surface area contributed by atoms with Crippen LogP contribution in [0.1, 0.15) is 145 Å². The minimum absolute atomic E-state index is 0.0357. The summed E-state index contributed by atoms with van der Waals surface area (Å²) in [6.45, 7) is 32.4. The maximum absolute atomic E-state index is 13.0. The zero-order chi connectivity index (χ0) is 53.7. The molecule has 17 nitrogen and oxygen atoms in total. The number of aliphatic imine (C=N–C) groups is 3. The van der Waals surface area contributed by atoms with Gasteiger partial charge in [-0.1, -0.05) is 92.5 Å². The van der Waals surface area contributed by atoms with Gasteiger partial charge in [0.05, 0.1) is 5.92 Å². The Morgan fingerprint density at radius 3 is 1.47 bits per heavy atom. The van der Waals surface area contributed by atoms with E-state index in [1.165, 1.54) is 25.1 Å². The number of guanidine groups is 2. The molecule has 17 heteroatoms. The summed E-state index contributed by atoms with van der Waals surface area (Å²) in [5.74, 6) is -1.32. The van der Waals surface area contributed by atoms with Crippen LogP contribution in [0.15, 0.2) is 82.4 Å². The summed E-state index contributed by atoms with van der Waals surface area (Å²) in [6, 6.07) is 12.7. The highest BCUT2D eigenvalue weighted by atomic mass is 16.2. The zero-order valence-electron chi connectivity index (χ0n) is 44.5. The van der Waals surface area contributed by atoms with Crippen LogP contribution >= 0.6 is 0 Å². The zero-order valence-corrected chi connectivity index (χ0v) is 44.5. The van der Waals surface area contributed by atoms with E-state index in [0.717, 1.165) is 49.9 Å². The van der Waals surface area contributed by atoms with E-state index in [-0.39, 0.29) is 35.3 Å². The Morgan fingerprint density at radius 2 is 1.07 bits per heavy atom. The van der Waals surface area contributed by atoms with Crippen molar-refractivity contribution in [2.75, 3.05) is 49.2 Å². The molecule has 0 heterocycles. The van der Waals surface area contributed by atoms with Gasteiger partial charge in [-0.2, -0.15) is 0 Å². The molecule has 0 aromatic heterocycles. The van der Waals surface area contributed by atoms with Gasteiger partial charge in [0.25, 0.3) is 5.91 Å². The van der Waals surface area contributed by atoms with E-state index >= 15 is 0 Å². The lowest BCUT2D eigenvalue weighted by atomic mass is 10.1. The second-order valence-corrected chi connectivity index (χ2v) is 14.2. The summed E-state index contributed by atoms with van der Waals surface area (Å²) in [5.41, 5.74) is 34.5. The standard InChI is InChI=1S/C28H37N7O3.C7H16N4O.2C3H9N.2C3H8.C2H6.C2H4/c1-5-31-24(27(38)34-21-12-7-6-11-18(21)2)17-19(3)26(37)35-23-14-10-13-22(20(23)4)33-25(36)15-8-9-16-32-28(29)30;1-10-6(12)4-2-3-5-11-7(8)9;2*1-2-3-4;2*1-3-2;2*1-2/h5-7,10-14,17,19H,8-9,15-16H2,1-4H3,(H,33,36)(H,34,38)(H,35,37)(H4,29,30,32);2-5H2,1H3,(H,10,12)(H4,8,9,11);2*2-4H2,1H3;2*3H2,1-2H3;1-2H3;1-2H2/b24-17-,31-5?;;;;;;;. The summed E-state index contributed by atoms with van der Waals surface area (Å²) in [6.07, 6.45) is 11.6. The van der Waals surface area contributed by atoms with Gasteiger partial charge in [-0.05, 0) is 115 Å². The Kier molecular flexibility index (Phi) is 59.7. The van der Waals surface area contributed by atoms with E-state index in [2.05, 4.69) is 90.9 Å². The lowest BCUT2D eigenvalue weighted by Crippen LogP contribution is -2.23. The Morgan fingerprint density at radius 1 is 0.662 bits per heavy atom. The molecule has 1 atom stereocenters. The van der Waals surface area contributed by atoms with E-state index in [1.807, 2.05) is 45.9 Å². The van der Waals surface area contributed by atoms with Crippen molar-refractivity contribution in [2.24, 2.45) is 55.3 Å². The summed E-state index contributed by atoms with van der Waals surface area (Å²) in [7, 11) is 1.62. The van der Waals surface area contributed by atoms with Crippen LogP contribution in [0.25, 0.3) is 0 Å². The molecule has 2 aromatic carbocycles. The fourth-order valence-corrected chi connectivity index (χ4v) is 4.23. The van der Waals surface area contributed by atoms with Crippen LogP contribution in [-0.4, -0.2) is 75.0 Å². The molecular weight excluding hydrogens is 859 g/mol. The number of anilines is 3. The Bertz CT molecular complexity index is 1660. The molecule has 0 fully saturated rings. The second kappa shape index (κ2) is 55.3. The minimum atomic E-state index is -0.654. The van der Waals surface area contributed by atoms with Gasteiger partial charge in [0, 0.05) is 56.3 Å². The first kappa shape index (κ1) is 73.5. The number of benzene rings is 2. The molecule has 390 valence electrons. The van der Waals surface area contributed by atoms with E-state index in [4.69, 9.17) is 34.4 Å². The maximum atomic E-state index is 13.0. The van der Waals surface area contributed by atoms with E-state index in [1.54, 1.807) is 45.2 Å². The van der Waals surface area contributed by atoms with Gasteiger partial charge in [-0.3, -0.25) is 34.2 Å². The maximum Gasteiger partial charge on any atom is 0.273 e. The van der Waals surface area contributed by atoms with E-state index in [9.17, 15) is 19.2 Å². The Labute approximate surface area is 412 Å². The molecule has 2 aromatic rings. The van der Waals surface area contributed by atoms with Crippen LogP contribution in [-0.2, 0) is 19.2 Å². The summed E-state index contributed by atoms with van der Waals surface area (Å²) in [4.78, 5) is 60.7. The number of aryl methyl sites for hydroxylation is 1. The quantitative estimate of drug-likeness (QED) is 0.0211. The summed E-state index contributed by atoms with van der Waals surface area (Å²) >= 11 is 0. The average Bonchev–Trinajstić information content (AvgIpc) is 3.32. The van der Waals surface area contributed by atoms with Gasteiger partial charge >= 0.3 is 0 Å². The molecule has 1 unspecified atom stereocenters. The molecule has 4 amide bonds. The van der Waals surface area contributed by atoms with Gasteiger partial charge in [0.2, 0.25) is 17.7 Å². The molecule has 2 rings (SSSR count). The highest BCUT2D eigenvalue weighted by Crippen LogP contribution is 2.25. The largest absolute Gasteiger partial charge is 0.370 e. The van der Waals surface area contributed by atoms with Gasteiger partial charge in [-0.15, -0.1) is 13.2 Å². The first-order valence-electron chi connectivity index (χ1n) is 23.9. The molecular formula is C51H97N13O4. The summed E-state index contributed by atoms with van der Waals surface area (Å²) in [5, 5.41) is 11.1. The Balaban J connectivity index is -0.000000261. The van der Waals surface area contributed by atoms with Crippen LogP contribution in [0.2, 0.25) is 0 Å². The van der Waals surface area contributed by atoms with Crippen molar-refractivity contribution in [3.63, 3.8) is 0 Å². The first-order chi connectivity index (χ1) is 32.4. The van der Waals surface area contributed by atoms with Gasteiger partial charge < -0.3 is 55.7 Å². The van der Waals surface area contributed by atoms with Crippen LogP contribution in [0.4, 0.5) is 17.1 Å². The number of hydrogen-bond acceptors (Lipinski definition) is 9. The number of para-hydroxylation sites is 1. The molecule has 0 saturated carbocycles. The van der Waals surface area contributed by atoms with Crippen molar-refractivity contribution in [1.29, 1.82) is 0 Å². The topological polar surface area (TPSA) is 310 Å². The van der Waals surface area contributed by atoms with Crippen molar-refractivity contribution in [1.82, 2.24) is 5.32 Å². The summed E-state index contributed by atoms with van der Waals surface area (Å²) < 4.78 is 0. The van der Waals surface area contributed by atoms with Crippen molar-refractivity contribution in [2.45, 2.75) is 147 Å². The fraction of sp³-hybridized carbons (Fsp3) is 0.549. The molecule has 0 spiro atoms. The lowest BCUT2D eigenvalue weighted by molar-refractivity contribution is -0.121. The van der Waals surface area contributed by atoms with E-state index < -0.39 is 11.8 Å². The molecule has 0 bridgehead atoms. The fourth-order valence-electron chi connectivity index (χ4n) is 4.23. The van der Waals surface area contributed by atoms with Gasteiger partial charge in [-0.25, -0.2) is 0 Å². The third-order valence-electron chi connectivity index (χ3n) is 7.65. The number of amides is 4. The van der Waals surface area contributed by atoms with Crippen molar-refractivity contribution < 1.29 is 19.2 Å². The van der Waals surface area contributed by atoms with Crippen LogP contribution < -0.4 is 55.7 Å². The van der Waals surface area contributed by atoms with E-state index in [0.29, 0.717) is 55.8 Å². The third-order valence-corrected chi connectivity index (χ3v) is 7.65. The number of nitrogens with two attached hydrogens (primary N) is 6. The van der Waals surface area contributed by atoms with Crippen LogP contribution in [0.5, 0.6) is 0 Å². The SMILES string of the molecule is C=C.CC.CC=N/C(=C\C(C)C(=O)Nc1cccc(NC(=O)CCCCN=C(N)N)c1C)C(=O)Nc1ccccc1C.CCC.CCC.CCCN.CCCN.CNC(=O)CCCCN=C(N)N. The predicted molar refractivity (Wildman–Crippen MR) is 296 cm³/mol.